The quantitative estimate of drug-likeness (QED) is 0.367. The highest BCUT2D eigenvalue weighted by Crippen LogP contribution is 2.33. The molecule has 0 bridgehead atoms. The Hall–Kier alpha value is -2.35. The number of imide groups is 1. The highest BCUT2D eigenvalue weighted by Gasteiger charge is 2.48. The van der Waals surface area contributed by atoms with Gasteiger partial charge in [-0.1, -0.05) is 0 Å². The third kappa shape index (κ3) is 2.16. The number of hydrogen-bond donors (Lipinski definition) is 3. The molecule has 2 heterocycles. The molecule has 3 amide bonds. The lowest BCUT2D eigenvalue weighted by Crippen LogP contribution is -2.63. The fraction of sp³-hybridized carbons (Fsp3) is 0.357. The molecule has 7 nitrogen and oxygen atoms in total. The maximum Gasteiger partial charge on any atom is 0.254 e. The van der Waals surface area contributed by atoms with Crippen molar-refractivity contribution in [2.45, 2.75) is 24.8 Å². The Kier molecular flexibility index (Phi) is 3.40. The maximum atomic E-state index is 12.6. The van der Waals surface area contributed by atoms with Gasteiger partial charge in [0, 0.05) is 24.2 Å². The van der Waals surface area contributed by atoms with Crippen LogP contribution in [0.1, 0.15) is 28.8 Å². The second-order valence-corrected chi connectivity index (χ2v) is 5.80. The highest BCUT2D eigenvalue weighted by molar-refractivity contribution is 6.32. The van der Waals surface area contributed by atoms with Crippen LogP contribution in [0, 0.1) is 0 Å². The van der Waals surface area contributed by atoms with Crippen LogP contribution < -0.4 is 16.4 Å². The van der Waals surface area contributed by atoms with Gasteiger partial charge in [0.25, 0.3) is 5.91 Å². The third-order valence-corrected chi connectivity index (χ3v) is 4.39. The largest absolute Gasteiger partial charge is 0.373 e. The summed E-state index contributed by atoms with van der Waals surface area (Å²) in [5.41, 5.74) is 6.75. The van der Waals surface area contributed by atoms with Crippen LogP contribution in [0.5, 0.6) is 0 Å². The molecule has 1 atom stereocenters. The van der Waals surface area contributed by atoms with Crippen LogP contribution in [-0.2, 0) is 16.1 Å². The lowest BCUT2D eigenvalue weighted by molar-refractivity contribution is -0.138. The van der Waals surface area contributed by atoms with Crippen LogP contribution in [0.4, 0.5) is 5.69 Å². The summed E-state index contributed by atoms with van der Waals surface area (Å²) < 4.78 is 0. The van der Waals surface area contributed by atoms with E-state index in [4.69, 9.17) is 5.73 Å². The summed E-state index contributed by atoms with van der Waals surface area (Å²) in [6.45, 7) is 0.658. The number of anilines is 1. The van der Waals surface area contributed by atoms with Gasteiger partial charge >= 0.3 is 0 Å². The van der Waals surface area contributed by atoms with Gasteiger partial charge in [0.05, 0.1) is 12.1 Å². The highest BCUT2D eigenvalue weighted by atomic mass is 16.2. The molecule has 3 rings (SSSR count). The van der Waals surface area contributed by atoms with Gasteiger partial charge in [-0.3, -0.25) is 19.7 Å². The number of rotatable bonds is 3. The molecule has 1 aromatic rings. The Balaban J connectivity index is 1.90. The van der Waals surface area contributed by atoms with Crippen molar-refractivity contribution in [3.63, 3.8) is 0 Å². The fourth-order valence-electron chi connectivity index (χ4n) is 3.00. The molecule has 0 aromatic heterocycles. The summed E-state index contributed by atoms with van der Waals surface area (Å²) >= 11 is 0. The van der Waals surface area contributed by atoms with E-state index in [9.17, 15) is 14.4 Å². The summed E-state index contributed by atoms with van der Waals surface area (Å²) in [5, 5.41) is 5.32. The molecule has 4 N–H and O–H groups in total. The number of carbonyl (C=O) groups is 3. The minimum atomic E-state index is -0.995. The van der Waals surface area contributed by atoms with E-state index in [1.54, 1.807) is 24.9 Å². The van der Waals surface area contributed by atoms with E-state index in [1.165, 1.54) is 0 Å². The van der Waals surface area contributed by atoms with Gasteiger partial charge in [-0.05, 0) is 30.2 Å². The molecule has 0 aliphatic carbocycles. The molecule has 22 heavy (non-hydrogen) atoms. The monoisotopic (exact) mass is 300 g/mol. The average Bonchev–Trinajstić information content (AvgIpc) is 2.81. The Bertz CT molecular complexity index is 678. The Morgan fingerprint density at radius 1 is 1.36 bits per heavy atom. The van der Waals surface area contributed by atoms with Crippen molar-refractivity contribution >= 4 is 31.3 Å². The molecule has 2 aliphatic heterocycles. The Labute approximate surface area is 128 Å². The first kappa shape index (κ1) is 14.6. The standard InChI is InChI=1S/C14H17BN4O3/c15-14(4-3-11(20)18-13(14)22)19-6-8-5-9(17-7-16)1-2-10(8)12(19)21/h1-2,5,17H,3-4,6-7,15-16H2,(H,18,20,22). The minimum Gasteiger partial charge on any atom is -0.373 e. The first-order valence-electron chi connectivity index (χ1n) is 7.19. The lowest BCUT2D eigenvalue weighted by atomic mass is 9.70. The average molecular weight is 300 g/mol. The summed E-state index contributed by atoms with van der Waals surface area (Å²) in [6, 6.07) is 5.40. The van der Waals surface area contributed by atoms with E-state index in [1.807, 2.05) is 6.07 Å². The number of piperidine rings is 1. The van der Waals surface area contributed by atoms with Gasteiger partial charge in [0.15, 0.2) is 0 Å². The topological polar surface area (TPSA) is 105 Å². The first-order valence-corrected chi connectivity index (χ1v) is 7.19. The van der Waals surface area contributed by atoms with Crippen LogP contribution in [0.2, 0.25) is 0 Å². The number of carbonyl (C=O) groups excluding carboxylic acids is 3. The van der Waals surface area contributed by atoms with Crippen molar-refractivity contribution in [1.82, 2.24) is 10.2 Å². The smallest absolute Gasteiger partial charge is 0.254 e. The first-order chi connectivity index (χ1) is 10.5. The zero-order valence-corrected chi connectivity index (χ0v) is 12.3. The summed E-state index contributed by atoms with van der Waals surface area (Å²) in [6.07, 6.45) is 0.577. The van der Waals surface area contributed by atoms with Gasteiger partial charge in [-0.2, -0.15) is 0 Å². The molecule has 0 spiro atoms. The minimum absolute atomic E-state index is 0.179. The van der Waals surface area contributed by atoms with Crippen LogP contribution in [0.3, 0.4) is 0 Å². The number of nitrogens with two attached hydrogens (primary N) is 1. The van der Waals surface area contributed by atoms with Gasteiger partial charge in [-0.25, -0.2) is 0 Å². The molecule has 1 aromatic carbocycles. The van der Waals surface area contributed by atoms with Gasteiger partial charge in [0.2, 0.25) is 11.8 Å². The number of nitrogens with zero attached hydrogens (tertiary/aromatic N) is 1. The van der Waals surface area contributed by atoms with E-state index < -0.39 is 11.3 Å². The van der Waals surface area contributed by atoms with E-state index in [0.29, 0.717) is 25.2 Å². The van der Waals surface area contributed by atoms with Gasteiger partial charge in [0.1, 0.15) is 7.85 Å². The van der Waals surface area contributed by atoms with Crippen molar-refractivity contribution < 1.29 is 14.4 Å². The predicted octanol–water partition coefficient (Wildman–Crippen LogP) is -1.26. The zero-order chi connectivity index (χ0) is 15.9. The van der Waals surface area contributed by atoms with E-state index in [-0.39, 0.29) is 18.2 Å². The van der Waals surface area contributed by atoms with E-state index in [2.05, 4.69) is 10.6 Å². The summed E-state index contributed by atoms with van der Waals surface area (Å²) in [4.78, 5) is 37.7. The molecule has 0 radical (unpaired) electrons. The van der Waals surface area contributed by atoms with Crippen LogP contribution in [0.15, 0.2) is 18.2 Å². The molecular formula is C14H17BN4O3. The molecule has 2 aliphatic rings. The number of fused-ring (bicyclic) bond motifs is 1. The molecule has 1 unspecified atom stereocenters. The normalized spacial score (nSPS) is 24.2. The molecular weight excluding hydrogens is 283 g/mol. The molecule has 1 fully saturated rings. The number of hydrogen-bond acceptors (Lipinski definition) is 5. The Morgan fingerprint density at radius 3 is 2.82 bits per heavy atom. The summed E-state index contributed by atoms with van der Waals surface area (Å²) in [7, 11) is 1.71. The van der Waals surface area contributed by atoms with E-state index in [0.717, 1.165) is 11.3 Å². The van der Waals surface area contributed by atoms with Crippen molar-refractivity contribution in [3.05, 3.63) is 29.3 Å². The van der Waals surface area contributed by atoms with Gasteiger partial charge in [-0.15, -0.1) is 0 Å². The second-order valence-electron chi connectivity index (χ2n) is 5.80. The van der Waals surface area contributed by atoms with Crippen LogP contribution in [-0.4, -0.2) is 42.6 Å². The number of amides is 3. The summed E-state index contributed by atoms with van der Waals surface area (Å²) in [5.74, 6) is -0.882. The fourth-order valence-corrected chi connectivity index (χ4v) is 3.00. The second kappa shape index (κ2) is 5.13. The van der Waals surface area contributed by atoms with E-state index >= 15 is 0 Å². The SMILES string of the molecule is BC1(N2Cc3cc(NCN)ccc3C2=O)CCC(=O)NC1=O. The van der Waals surface area contributed by atoms with Crippen molar-refractivity contribution in [1.29, 1.82) is 0 Å². The molecule has 0 saturated carbocycles. The zero-order valence-electron chi connectivity index (χ0n) is 12.3. The molecule has 8 heteroatoms. The number of benzene rings is 1. The van der Waals surface area contributed by atoms with Gasteiger partial charge < -0.3 is 16.0 Å². The van der Waals surface area contributed by atoms with Crippen LogP contribution >= 0.6 is 0 Å². The lowest BCUT2D eigenvalue weighted by Gasteiger charge is -2.39. The van der Waals surface area contributed by atoms with Crippen LogP contribution in [0.25, 0.3) is 0 Å². The van der Waals surface area contributed by atoms with Crippen molar-refractivity contribution in [2.24, 2.45) is 5.73 Å². The van der Waals surface area contributed by atoms with Crippen molar-refractivity contribution in [2.75, 3.05) is 12.0 Å². The molecule has 114 valence electrons. The van der Waals surface area contributed by atoms with Crippen molar-refractivity contribution in [3.8, 4) is 0 Å². The maximum absolute atomic E-state index is 12.6. The predicted molar refractivity (Wildman–Crippen MR) is 82.7 cm³/mol. The number of nitrogens with one attached hydrogen (secondary N) is 2. The molecule has 1 saturated heterocycles. The Morgan fingerprint density at radius 2 is 2.14 bits per heavy atom. The third-order valence-electron chi connectivity index (χ3n) is 4.39.